The smallest absolute Gasteiger partial charge is 0.256 e. The van der Waals surface area contributed by atoms with Gasteiger partial charge in [0.2, 0.25) is 5.91 Å². The Balaban J connectivity index is 1.44. The third-order valence-corrected chi connectivity index (χ3v) is 6.08. The van der Waals surface area contributed by atoms with Crippen LogP contribution in [0.2, 0.25) is 0 Å². The molecule has 1 N–H and O–H groups in total. The number of rotatable bonds is 4. The van der Waals surface area contributed by atoms with Gasteiger partial charge in [0.05, 0.1) is 36.1 Å². The number of likely N-dealkylation sites (tertiary alicyclic amines) is 1. The van der Waals surface area contributed by atoms with Crippen molar-refractivity contribution in [1.29, 1.82) is 0 Å². The van der Waals surface area contributed by atoms with Crippen molar-refractivity contribution in [2.45, 2.75) is 32.9 Å². The number of nitrogens with one attached hydrogen (secondary N) is 1. The van der Waals surface area contributed by atoms with Crippen LogP contribution in [0.5, 0.6) is 0 Å². The lowest BCUT2D eigenvalue weighted by Gasteiger charge is -2.41. The molecule has 1 atom stereocenters. The van der Waals surface area contributed by atoms with Crippen LogP contribution < -0.4 is 10.2 Å². The van der Waals surface area contributed by atoms with Crippen molar-refractivity contribution in [2.75, 3.05) is 23.3 Å². The van der Waals surface area contributed by atoms with E-state index in [1.807, 2.05) is 49.1 Å². The summed E-state index contributed by atoms with van der Waals surface area (Å²) in [6, 6.07) is 11.9. The molecule has 1 fully saturated rings. The highest BCUT2D eigenvalue weighted by Crippen LogP contribution is 2.36. The van der Waals surface area contributed by atoms with Crippen LogP contribution in [0.4, 0.5) is 11.5 Å². The van der Waals surface area contributed by atoms with Crippen LogP contribution in [-0.4, -0.2) is 39.9 Å². The predicted octanol–water partition coefficient (Wildman–Crippen LogP) is 3.23. The number of aryl methyl sites for hydroxylation is 2. The number of hydrogen-bond donors (Lipinski definition) is 1. The average molecular weight is 417 g/mol. The molecule has 31 heavy (non-hydrogen) atoms. The molecule has 2 aliphatic rings. The zero-order valence-corrected chi connectivity index (χ0v) is 17.5. The molecule has 2 aromatic heterocycles. The molecule has 1 unspecified atom stereocenters. The van der Waals surface area contributed by atoms with Crippen LogP contribution in [0.25, 0.3) is 0 Å². The largest absolute Gasteiger partial charge is 0.361 e. The molecule has 0 saturated carbocycles. The van der Waals surface area contributed by atoms with E-state index in [0.29, 0.717) is 35.9 Å². The van der Waals surface area contributed by atoms with Crippen LogP contribution >= 0.6 is 0 Å². The molecule has 3 aromatic rings. The summed E-state index contributed by atoms with van der Waals surface area (Å²) in [5.74, 6) is 1.10. The first-order valence-electron chi connectivity index (χ1n) is 10.3. The molecule has 2 aliphatic heterocycles. The van der Waals surface area contributed by atoms with Crippen LogP contribution in [0, 0.1) is 13.8 Å². The first kappa shape index (κ1) is 19.3. The third kappa shape index (κ3) is 3.34. The van der Waals surface area contributed by atoms with Gasteiger partial charge in [-0.05, 0) is 31.9 Å². The molecule has 0 aliphatic carbocycles. The van der Waals surface area contributed by atoms with E-state index < -0.39 is 0 Å². The summed E-state index contributed by atoms with van der Waals surface area (Å²) in [5.41, 5.74) is 3.81. The van der Waals surface area contributed by atoms with Crippen LogP contribution in [0.3, 0.4) is 0 Å². The van der Waals surface area contributed by atoms with E-state index >= 15 is 0 Å². The average Bonchev–Trinajstić information content (AvgIpc) is 3.07. The van der Waals surface area contributed by atoms with Gasteiger partial charge < -0.3 is 19.6 Å². The Bertz CT molecular complexity index is 1140. The van der Waals surface area contributed by atoms with Gasteiger partial charge in [0.25, 0.3) is 5.91 Å². The van der Waals surface area contributed by atoms with Gasteiger partial charge in [0.1, 0.15) is 5.76 Å². The Kier molecular flexibility index (Phi) is 4.69. The van der Waals surface area contributed by atoms with Crippen LogP contribution in [-0.2, 0) is 11.3 Å². The highest BCUT2D eigenvalue weighted by molar-refractivity contribution is 6.04. The number of anilines is 2. The highest BCUT2D eigenvalue weighted by Gasteiger charge is 2.35. The predicted molar refractivity (Wildman–Crippen MR) is 115 cm³/mol. The molecule has 158 valence electrons. The fourth-order valence-corrected chi connectivity index (χ4v) is 4.18. The van der Waals surface area contributed by atoms with Gasteiger partial charge in [-0.15, -0.1) is 0 Å². The minimum Gasteiger partial charge on any atom is -0.361 e. The third-order valence-electron chi connectivity index (χ3n) is 6.08. The van der Waals surface area contributed by atoms with E-state index in [2.05, 4.69) is 15.5 Å². The number of carbonyl (C=O) groups is 2. The molecule has 1 aromatic carbocycles. The SMILES string of the molecule is Cc1noc(C)c1CN1C(=O)CNc2ncc(C(=O)N3CCC3c3ccccc3)cc21. The van der Waals surface area contributed by atoms with Gasteiger partial charge in [0, 0.05) is 18.3 Å². The topological polar surface area (TPSA) is 91.6 Å². The maximum atomic E-state index is 13.2. The molecule has 0 spiro atoms. The Labute approximate surface area is 179 Å². The number of aromatic nitrogens is 2. The Morgan fingerprint density at radius 2 is 2.06 bits per heavy atom. The molecule has 8 nitrogen and oxygen atoms in total. The van der Waals surface area contributed by atoms with Gasteiger partial charge in [-0.1, -0.05) is 35.5 Å². The lowest BCUT2D eigenvalue weighted by molar-refractivity contribution is -0.117. The number of hydrogen-bond acceptors (Lipinski definition) is 6. The lowest BCUT2D eigenvalue weighted by atomic mass is 9.94. The van der Waals surface area contributed by atoms with E-state index in [0.717, 1.165) is 23.2 Å². The van der Waals surface area contributed by atoms with Crippen molar-refractivity contribution in [3.63, 3.8) is 0 Å². The highest BCUT2D eigenvalue weighted by atomic mass is 16.5. The van der Waals surface area contributed by atoms with Gasteiger partial charge in [-0.2, -0.15) is 0 Å². The Morgan fingerprint density at radius 3 is 2.74 bits per heavy atom. The summed E-state index contributed by atoms with van der Waals surface area (Å²) in [6.07, 6.45) is 2.52. The quantitative estimate of drug-likeness (QED) is 0.701. The van der Waals surface area contributed by atoms with E-state index in [9.17, 15) is 9.59 Å². The molecule has 5 rings (SSSR count). The fourth-order valence-electron chi connectivity index (χ4n) is 4.18. The van der Waals surface area contributed by atoms with E-state index in [-0.39, 0.29) is 24.4 Å². The van der Waals surface area contributed by atoms with Crippen LogP contribution in [0.15, 0.2) is 47.1 Å². The van der Waals surface area contributed by atoms with Crippen molar-refractivity contribution in [2.24, 2.45) is 0 Å². The summed E-state index contributed by atoms with van der Waals surface area (Å²) >= 11 is 0. The van der Waals surface area contributed by atoms with Crippen LogP contribution in [0.1, 0.15) is 45.4 Å². The summed E-state index contributed by atoms with van der Waals surface area (Å²) < 4.78 is 5.25. The van der Waals surface area contributed by atoms with Crippen molar-refractivity contribution < 1.29 is 14.1 Å². The summed E-state index contributed by atoms with van der Waals surface area (Å²) in [5, 5.41) is 7.03. The number of nitrogens with zero attached hydrogens (tertiary/aromatic N) is 4. The van der Waals surface area contributed by atoms with Crippen molar-refractivity contribution in [3.8, 4) is 0 Å². The van der Waals surface area contributed by atoms with Crippen molar-refractivity contribution in [3.05, 3.63) is 70.7 Å². The molecule has 1 saturated heterocycles. The molecule has 8 heteroatoms. The van der Waals surface area contributed by atoms with Gasteiger partial charge in [0.15, 0.2) is 5.82 Å². The minimum absolute atomic E-state index is 0.0721. The van der Waals surface area contributed by atoms with E-state index in [4.69, 9.17) is 4.52 Å². The Morgan fingerprint density at radius 1 is 1.26 bits per heavy atom. The van der Waals surface area contributed by atoms with E-state index in [1.165, 1.54) is 0 Å². The number of carbonyl (C=O) groups excluding carboxylic acids is 2. The molecular formula is C23H23N5O3. The number of benzene rings is 1. The van der Waals surface area contributed by atoms with Crippen molar-refractivity contribution in [1.82, 2.24) is 15.0 Å². The van der Waals surface area contributed by atoms with E-state index in [1.54, 1.807) is 17.2 Å². The maximum Gasteiger partial charge on any atom is 0.256 e. The number of fused-ring (bicyclic) bond motifs is 1. The van der Waals surface area contributed by atoms with Gasteiger partial charge in [-0.3, -0.25) is 9.59 Å². The standard InChI is InChI=1S/C23H23N5O3/c1-14-18(15(2)31-26-14)13-28-20-10-17(11-24-22(20)25-12-21(28)29)23(30)27-9-8-19(27)16-6-4-3-5-7-16/h3-7,10-11,19H,8-9,12-13H2,1-2H3,(H,24,25). The second-order valence-corrected chi connectivity index (χ2v) is 7.94. The van der Waals surface area contributed by atoms with Crippen molar-refractivity contribution >= 4 is 23.3 Å². The molecule has 0 radical (unpaired) electrons. The summed E-state index contributed by atoms with van der Waals surface area (Å²) in [7, 11) is 0. The zero-order chi connectivity index (χ0) is 21.5. The first-order valence-corrected chi connectivity index (χ1v) is 10.3. The second-order valence-electron chi connectivity index (χ2n) is 7.94. The molecule has 4 heterocycles. The number of amides is 2. The molecule has 0 bridgehead atoms. The first-order chi connectivity index (χ1) is 15.0. The van der Waals surface area contributed by atoms with Gasteiger partial charge >= 0.3 is 0 Å². The summed E-state index contributed by atoms with van der Waals surface area (Å²) in [6.45, 7) is 4.86. The monoisotopic (exact) mass is 417 g/mol. The minimum atomic E-state index is -0.0926. The Hall–Kier alpha value is -3.68. The van der Waals surface area contributed by atoms with Gasteiger partial charge in [-0.25, -0.2) is 4.98 Å². The second kappa shape index (κ2) is 7.54. The molecular weight excluding hydrogens is 394 g/mol. The zero-order valence-electron chi connectivity index (χ0n) is 17.5. The molecule has 2 amide bonds. The normalized spacial score (nSPS) is 17.7. The summed E-state index contributed by atoms with van der Waals surface area (Å²) in [4.78, 5) is 33.9. The lowest BCUT2D eigenvalue weighted by Crippen LogP contribution is -2.45. The number of pyridine rings is 1. The maximum absolute atomic E-state index is 13.2. The fraction of sp³-hybridized carbons (Fsp3) is 0.304.